The van der Waals surface area contributed by atoms with E-state index in [1.807, 2.05) is 0 Å². The number of nitrogens with zero attached hydrogens (tertiary/aromatic N) is 1. The van der Waals surface area contributed by atoms with E-state index in [1.54, 1.807) is 18.2 Å². The number of methoxy groups -OCH3 is 2. The number of hydrogen-bond donors (Lipinski definition) is 1. The zero-order valence-electron chi connectivity index (χ0n) is 16.2. The van der Waals surface area contributed by atoms with Gasteiger partial charge in [-0.3, -0.25) is 4.79 Å². The van der Waals surface area contributed by atoms with Crippen molar-refractivity contribution in [3.05, 3.63) is 29.8 Å². The summed E-state index contributed by atoms with van der Waals surface area (Å²) in [6.45, 7) is 0.0878. The third-order valence-corrected chi connectivity index (χ3v) is 5.77. The van der Waals surface area contributed by atoms with Gasteiger partial charge in [0, 0.05) is 18.3 Å². The van der Waals surface area contributed by atoms with Gasteiger partial charge < -0.3 is 14.8 Å². The maximum Gasteiger partial charge on any atom is 0.239 e. The summed E-state index contributed by atoms with van der Waals surface area (Å²) in [6.07, 6.45) is 8.37. The van der Waals surface area contributed by atoms with Crippen molar-refractivity contribution in [2.45, 2.75) is 32.1 Å². The lowest BCUT2D eigenvalue weighted by Gasteiger charge is -2.21. The standard InChI is InChI=1S/C19H28N2O5S/c1-25-17-10-9-16(13-18(17)26-2)20-19(22)14-21(27(3,23)24)12-11-15-7-5-4-6-8-15/h7,9-10,13H,4-6,8,11-12,14H2,1-3H3,(H,20,22). The lowest BCUT2D eigenvalue weighted by atomic mass is 9.97. The summed E-state index contributed by atoms with van der Waals surface area (Å²) in [5, 5.41) is 2.71. The van der Waals surface area contributed by atoms with E-state index in [0.717, 1.165) is 25.5 Å². The molecule has 0 aliphatic heterocycles. The summed E-state index contributed by atoms with van der Waals surface area (Å²) < 4.78 is 35.7. The van der Waals surface area contributed by atoms with E-state index in [1.165, 1.54) is 30.5 Å². The van der Waals surface area contributed by atoms with Crippen LogP contribution in [0.3, 0.4) is 0 Å². The Bertz CT molecular complexity index is 789. The summed E-state index contributed by atoms with van der Waals surface area (Å²) in [6, 6.07) is 4.99. The van der Waals surface area contributed by atoms with Crippen LogP contribution in [0, 0.1) is 0 Å². The van der Waals surface area contributed by atoms with E-state index in [-0.39, 0.29) is 6.54 Å². The summed E-state index contributed by atoms with van der Waals surface area (Å²) in [5.41, 5.74) is 1.79. The van der Waals surface area contributed by atoms with Crippen molar-refractivity contribution in [1.82, 2.24) is 4.31 Å². The molecule has 0 aromatic heterocycles. The summed E-state index contributed by atoms with van der Waals surface area (Å²) >= 11 is 0. The van der Waals surface area contributed by atoms with Gasteiger partial charge in [0.05, 0.1) is 27.0 Å². The van der Waals surface area contributed by atoms with Crippen molar-refractivity contribution in [3.63, 3.8) is 0 Å². The smallest absolute Gasteiger partial charge is 0.239 e. The number of anilines is 1. The molecule has 1 aromatic rings. The molecule has 0 unspecified atom stereocenters. The van der Waals surface area contributed by atoms with Crippen LogP contribution >= 0.6 is 0 Å². The SMILES string of the molecule is COc1ccc(NC(=O)CN(CCC2=CCCCC2)S(C)(=O)=O)cc1OC. The maximum atomic E-state index is 12.4. The van der Waals surface area contributed by atoms with Crippen molar-refractivity contribution in [2.24, 2.45) is 0 Å². The fourth-order valence-corrected chi connectivity index (χ4v) is 3.81. The predicted molar refractivity (Wildman–Crippen MR) is 106 cm³/mol. The van der Waals surface area contributed by atoms with Gasteiger partial charge in [-0.1, -0.05) is 11.6 Å². The molecule has 0 heterocycles. The molecular weight excluding hydrogens is 368 g/mol. The molecule has 0 bridgehead atoms. The Kier molecular flexibility index (Phi) is 7.67. The Balaban J connectivity index is 2.00. The van der Waals surface area contributed by atoms with Gasteiger partial charge in [-0.2, -0.15) is 4.31 Å². The zero-order valence-corrected chi connectivity index (χ0v) is 17.0. The number of amides is 1. The first-order valence-electron chi connectivity index (χ1n) is 8.98. The largest absolute Gasteiger partial charge is 0.493 e. The van der Waals surface area contributed by atoms with Crippen molar-refractivity contribution < 1.29 is 22.7 Å². The molecule has 1 amide bonds. The van der Waals surface area contributed by atoms with Gasteiger partial charge in [-0.15, -0.1) is 0 Å². The Morgan fingerprint density at radius 3 is 2.52 bits per heavy atom. The highest BCUT2D eigenvalue weighted by atomic mass is 32.2. The summed E-state index contributed by atoms with van der Waals surface area (Å²) in [7, 11) is -0.438. The minimum atomic E-state index is -3.48. The number of carbonyl (C=O) groups excluding carboxylic acids is 1. The molecule has 1 aromatic carbocycles. The molecule has 7 nitrogen and oxygen atoms in total. The second kappa shape index (κ2) is 9.75. The Morgan fingerprint density at radius 2 is 1.93 bits per heavy atom. The van der Waals surface area contributed by atoms with Gasteiger partial charge in [-0.05, 0) is 44.2 Å². The normalized spacial score (nSPS) is 14.6. The fraction of sp³-hybridized carbons (Fsp3) is 0.526. The Labute approximate surface area is 161 Å². The average Bonchev–Trinajstić information content (AvgIpc) is 2.64. The third kappa shape index (κ3) is 6.55. The Morgan fingerprint density at radius 1 is 1.19 bits per heavy atom. The number of hydrogen-bond acceptors (Lipinski definition) is 5. The summed E-state index contributed by atoms with van der Waals surface area (Å²) in [5.74, 6) is 0.638. The first-order valence-corrected chi connectivity index (χ1v) is 10.8. The van der Waals surface area contributed by atoms with E-state index in [4.69, 9.17) is 9.47 Å². The number of rotatable bonds is 9. The van der Waals surface area contributed by atoms with Crippen LogP contribution in [0.1, 0.15) is 32.1 Å². The van der Waals surface area contributed by atoms with Crippen molar-refractivity contribution in [1.29, 1.82) is 0 Å². The van der Waals surface area contributed by atoms with Crippen molar-refractivity contribution >= 4 is 21.6 Å². The second-order valence-corrected chi connectivity index (χ2v) is 8.56. The molecule has 0 spiro atoms. The highest BCUT2D eigenvalue weighted by Gasteiger charge is 2.21. The second-order valence-electron chi connectivity index (χ2n) is 6.57. The van der Waals surface area contributed by atoms with Crippen LogP contribution in [-0.4, -0.2) is 52.2 Å². The van der Waals surface area contributed by atoms with E-state index in [0.29, 0.717) is 30.2 Å². The van der Waals surface area contributed by atoms with Crippen LogP contribution in [-0.2, 0) is 14.8 Å². The fourth-order valence-electron chi connectivity index (χ4n) is 3.04. The van der Waals surface area contributed by atoms with Crippen LogP contribution in [0.25, 0.3) is 0 Å². The van der Waals surface area contributed by atoms with Gasteiger partial charge in [0.1, 0.15) is 0 Å². The van der Waals surface area contributed by atoms with Gasteiger partial charge in [0.15, 0.2) is 11.5 Å². The number of sulfonamides is 1. The van der Waals surface area contributed by atoms with E-state index >= 15 is 0 Å². The average molecular weight is 397 g/mol. The molecule has 0 saturated heterocycles. The number of nitrogens with one attached hydrogen (secondary N) is 1. The van der Waals surface area contributed by atoms with Gasteiger partial charge in [0.2, 0.25) is 15.9 Å². The molecule has 2 rings (SSSR count). The lowest BCUT2D eigenvalue weighted by Crippen LogP contribution is -2.38. The molecule has 0 atom stereocenters. The molecule has 1 aliphatic carbocycles. The number of benzene rings is 1. The highest BCUT2D eigenvalue weighted by molar-refractivity contribution is 7.88. The van der Waals surface area contributed by atoms with E-state index in [9.17, 15) is 13.2 Å². The quantitative estimate of drug-likeness (QED) is 0.649. The zero-order chi connectivity index (χ0) is 19.9. The molecule has 27 heavy (non-hydrogen) atoms. The molecular formula is C19H28N2O5S. The molecule has 0 radical (unpaired) electrons. The van der Waals surface area contributed by atoms with Gasteiger partial charge >= 0.3 is 0 Å². The molecule has 150 valence electrons. The first kappa shape index (κ1) is 21.2. The van der Waals surface area contributed by atoms with Crippen LogP contribution in [0.2, 0.25) is 0 Å². The van der Waals surface area contributed by atoms with Gasteiger partial charge in [-0.25, -0.2) is 8.42 Å². The Hall–Kier alpha value is -2.06. The van der Waals surface area contributed by atoms with Crippen LogP contribution in [0.4, 0.5) is 5.69 Å². The van der Waals surface area contributed by atoms with Crippen LogP contribution in [0.15, 0.2) is 29.8 Å². The van der Waals surface area contributed by atoms with E-state index < -0.39 is 15.9 Å². The number of carbonyl (C=O) groups is 1. The number of ether oxygens (including phenoxy) is 2. The first-order chi connectivity index (χ1) is 12.8. The molecule has 8 heteroatoms. The summed E-state index contributed by atoms with van der Waals surface area (Å²) in [4.78, 5) is 12.4. The van der Waals surface area contributed by atoms with Crippen LogP contribution < -0.4 is 14.8 Å². The number of allylic oxidation sites excluding steroid dienone is 1. The molecule has 1 aliphatic rings. The topological polar surface area (TPSA) is 84.9 Å². The van der Waals surface area contributed by atoms with Gasteiger partial charge in [0.25, 0.3) is 0 Å². The van der Waals surface area contributed by atoms with Crippen LogP contribution in [0.5, 0.6) is 11.5 Å². The van der Waals surface area contributed by atoms with Crippen molar-refractivity contribution in [2.75, 3.05) is 38.9 Å². The highest BCUT2D eigenvalue weighted by Crippen LogP contribution is 2.29. The minimum absolute atomic E-state index is 0.222. The monoisotopic (exact) mass is 396 g/mol. The molecule has 1 N–H and O–H groups in total. The molecule has 0 fully saturated rings. The lowest BCUT2D eigenvalue weighted by molar-refractivity contribution is -0.116. The van der Waals surface area contributed by atoms with Crippen molar-refractivity contribution in [3.8, 4) is 11.5 Å². The maximum absolute atomic E-state index is 12.4. The minimum Gasteiger partial charge on any atom is -0.493 e. The third-order valence-electron chi connectivity index (χ3n) is 4.52. The van der Waals surface area contributed by atoms with E-state index in [2.05, 4.69) is 11.4 Å². The molecule has 0 saturated carbocycles. The predicted octanol–water partition coefficient (Wildman–Crippen LogP) is 2.79.